The normalized spacial score (nSPS) is 15.4. The smallest absolute Gasteiger partial charge is 0.342 e. The highest BCUT2D eigenvalue weighted by molar-refractivity contribution is 6.31. The summed E-state index contributed by atoms with van der Waals surface area (Å²) < 4.78 is 19.8. The van der Waals surface area contributed by atoms with Gasteiger partial charge in [0.2, 0.25) is 0 Å². The van der Waals surface area contributed by atoms with Crippen LogP contribution in [0.2, 0.25) is 5.02 Å². The Morgan fingerprint density at radius 1 is 1.07 bits per heavy atom. The van der Waals surface area contributed by atoms with E-state index in [1.54, 1.807) is 30.5 Å². The maximum atomic E-state index is 14.4. The molecule has 2 heterocycles. The summed E-state index contributed by atoms with van der Waals surface area (Å²) in [6, 6.07) is 17.4. The van der Waals surface area contributed by atoms with E-state index in [2.05, 4.69) is 57.8 Å². The zero-order chi connectivity index (χ0) is 28.6. The van der Waals surface area contributed by atoms with Crippen molar-refractivity contribution in [2.24, 2.45) is 0 Å². The summed E-state index contributed by atoms with van der Waals surface area (Å²) in [5.41, 5.74) is 3.50. The molecule has 1 aliphatic heterocycles. The van der Waals surface area contributed by atoms with Gasteiger partial charge in [-0.15, -0.1) is 0 Å². The van der Waals surface area contributed by atoms with Crippen LogP contribution in [0.1, 0.15) is 61.2 Å². The predicted octanol–water partition coefficient (Wildman–Crippen LogP) is 6.56. The summed E-state index contributed by atoms with van der Waals surface area (Å²) in [5.74, 6) is 0.103. The Morgan fingerprint density at radius 3 is 2.52 bits per heavy atom. The third-order valence-corrected chi connectivity index (χ3v) is 7.76. The molecule has 1 fully saturated rings. The third kappa shape index (κ3) is 7.59. The second-order valence-electron chi connectivity index (χ2n) is 10.6. The molecule has 40 heavy (non-hydrogen) atoms. The number of carbonyl (C=O) groups is 1. The average molecular weight is 567 g/mol. The van der Waals surface area contributed by atoms with Crippen LogP contribution < -0.4 is 4.90 Å². The number of benzene rings is 2. The lowest BCUT2D eigenvalue weighted by Crippen LogP contribution is -2.37. The molecule has 6 nitrogen and oxygen atoms in total. The number of halogens is 2. The van der Waals surface area contributed by atoms with Gasteiger partial charge in [-0.2, -0.15) is 0 Å². The van der Waals surface area contributed by atoms with Crippen LogP contribution in [0.25, 0.3) is 0 Å². The first-order valence-electron chi connectivity index (χ1n) is 14.2. The second-order valence-corrected chi connectivity index (χ2v) is 11.0. The fourth-order valence-corrected chi connectivity index (χ4v) is 5.55. The number of carbonyl (C=O) groups excluding carboxylic acids is 1. The molecule has 0 bridgehead atoms. The SMILES string of the molecule is CCN(Cc1cccc(CN(CC)C2CCN(c3ncccc3C(=O)OC(C)C)C2)c1)Cc1c(F)cccc1Cl. The molecule has 1 saturated heterocycles. The fourth-order valence-electron chi connectivity index (χ4n) is 5.32. The van der Waals surface area contributed by atoms with Gasteiger partial charge in [-0.1, -0.05) is 55.8 Å². The molecule has 8 heteroatoms. The van der Waals surface area contributed by atoms with Gasteiger partial charge >= 0.3 is 5.97 Å². The molecule has 4 rings (SSSR count). The van der Waals surface area contributed by atoms with Crippen molar-refractivity contribution in [3.05, 3.63) is 93.9 Å². The molecule has 0 saturated carbocycles. The number of hydrogen-bond acceptors (Lipinski definition) is 6. The Balaban J connectivity index is 1.41. The van der Waals surface area contributed by atoms with Crippen molar-refractivity contribution in [1.82, 2.24) is 14.8 Å². The van der Waals surface area contributed by atoms with Crippen molar-refractivity contribution >= 4 is 23.4 Å². The number of pyridine rings is 1. The summed E-state index contributed by atoms with van der Waals surface area (Å²) in [6.45, 7) is 13.3. The molecule has 3 aromatic rings. The first-order valence-corrected chi connectivity index (χ1v) is 14.5. The molecule has 2 aromatic carbocycles. The molecular weight excluding hydrogens is 527 g/mol. The number of ether oxygens (including phenoxy) is 1. The van der Waals surface area contributed by atoms with E-state index in [1.807, 2.05) is 13.8 Å². The Bertz CT molecular complexity index is 1270. The number of esters is 1. The number of aromatic nitrogens is 1. The van der Waals surface area contributed by atoms with Gasteiger partial charge in [-0.3, -0.25) is 9.80 Å². The molecule has 0 amide bonds. The lowest BCUT2D eigenvalue weighted by Gasteiger charge is -2.28. The Hall–Kier alpha value is -3.00. The summed E-state index contributed by atoms with van der Waals surface area (Å²) in [5, 5.41) is 0.464. The summed E-state index contributed by atoms with van der Waals surface area (Å²) in [7, 11) is 0. The zero-order valence-electron chi connectivity index (χ0n) is 23.9. The predicted molar refractivity (Wildman–Crippen MR) is 159 cm³/mol. The van der Waals surface area contributed by atoms with Gasteiger partial charge in [-0.05, 0) is 68.8 Å². The molecular formula is C32H40ClFN4O2. The number of nitrogens with zero attached hydrogens (tertiary/aromatic N) is 4. The second kappa shape index (κ2) is 14.1. The van der Waals surface area contributed by atoms with Crippen LogP contribution >= 0.6 is 11.6 Å². The molecule has 0 spiro atoms. The zero-order valence-corrected chi connectivity index (χ0v) is 24.7. The van der Waals surface area contributed by atoms with Crippen LogP contribution in [-0.4, -0.2) is 59.1 Å². The molecule has 1 aromatic heterocycles. The van der Waals surface area contributed by atoms with Crippen LogP contribution in [0.3, 0.4) is 0 Å². The minimum atomic E-state index is -0.330. The molecule has 0 aliphatic carbocycles. The molecule has 1 unspecified atom stereocenters. The summed E-state index contributed by atoms with van der Waals surface area (Å²) >= 11 is 6.29. The van der Waals surface area contributed by atoms with E-state index in [1.165, 1.54) is 17.2 Å². The maximum absolute atomic E-state index is 14.4. The standard InChI is InChI=1S/C32H40ClFN4O2/c1-5-36(22-28-29(33)13-8-14-30(28)34)19-24-10-7-11-25(18-24)20-37(6-2)26-15-17-38(21-26)31-27(12-9-16-35-31)32(39)40-23(3)4/h7-14,16,18,23,26H,5-6,15,17,19-22H2,1-4H3. The summed E-state index contributed by atoms with van der Waals surface area (Å²) in [6.07, 6.45) is 2.55. The highest BCUT2D eigenvalue weighted by Gasteiger charge is 2.30. The van der Waals surface area contributed by atoms with Gasteiger partial charge < -0.3 is 9.64 Å². The van der Waals surface area contributed by atoms with Crippen LogP contribution in [-0.2, 0) is 24.4 Å². The lowest BCUT2D eigenvalue weighted by atomic mass is 10.1. The number of anilines is 1. The van der Waals surface area contributed by atoms with Crippen molar-refractivity contribution in [2.45, 2.75) is 65.9 Å². The lowest BCUT2D eigenvalue weighted by molar-refractivity contribution is 0.0378. The minimum absolute atomic E-state index is 0.181. The van der Waals surface area contributed by atoms with Crippen molar-refractivity contribution in [1.29, 1.82) is 0 Å². The van der Waals surface area contributed by atoms with Crippen LogP contribution in [0, 0.1) is 5.82 Å². The topological polar surface area (TPSA) is 48.9 Å². The van der Waals surface area contributed by atoms with E-state index < -0.39 is 0 Å². The number of rotatable bonds is 12. The molecule has 1 aliphatic rings. The van der Waals surface area contributed by atoms with Gasteiger partial charge in [-0.25, -0.2) is 14.2 Å². The van der Waals surface area contributed by atoms with Gasteiger partial charge in [0, 0.05) is 55.5 Å². The molecule has 214 valence electrons. The number of likely N-dealkylation sites (N-methyl/N-ethyl adjacent to an activating group) is 1. The van der Waals surface area contributed by atoms with Gasteiger partial charge in [0.1, 0.15) is 17.2 Å². The van der Waals surface area contributed by atoms with E-state index in [0.717, 1.165) is 39.1 Å². The quantitative estimate of drug-likeness (QED) is 0.231. The highest BCUT2D eigenvalue weighted by atomic mass is 35.5. The Morgan fingerprint density at radius 2 is 1.82 bits per heavy atom. The minimum Gasteiger partial charge on any atom is -0.459 e. The maximum Gasteiger partial charge on any atom is 0.342 e. The van der Waals surface area contributed by atoms with E-state index in [4.69, 9.17) is 16.3 Å². The van der Waals surface area contributed by atoms with Gasteiger partial charge in [0.15, 0.2) is 0 Å². The van der Waals surface area contributed by atoms with Crippen LogP contribution in [0.5, 0.6) is 0 Å². The molecule has 0 N–H and O–H groups in total. The van der Waals surface area contributed by atoms with Crippen molar-refractivity contribution in [2.75, 3.05) is 31.1 Å². The first kappa shape index (κ1) is 30.0. The van der Waals surface area contributed by atoms with Crippen LogP contribution in [0.15, 0.2) is 60.8 Å². The highest BCUT2D eigenvalue weighted by Crippen LogP contribution is 2.27. The van der Waals surface area contributed by atoms with Gasteiger partial charge in [0.25, 0.3) is 0 Å². The fraction of sp³-hybridized carbons (Fsp3) is 0.438. The van der Waals surface area contributed by atoms with E-state index >= 15 is 0 Å². The van der Waals surface area contributed by atoms with Crippen molar-refractivity contribution < 1.29 is 13.9 Å². The Labute approximate surface area is 242 Å². The largest absolute Gasteiger partial charge is 0.459 e. The Kier molecular flexibility index (Phi) is 10.5. The molecule has 1 atom stereocenters. The van der Waals surface area contributed by atoms with E-state index in [9.17, 15) is 9.18 Å². The average Bonchev–Trinajstić information content (AvgIpc) is 3.43. The van der Waals surface area contributed by atoms with E-state index in [0.29, 0.717) is 41.1 Å². The van der Waals surface area contributed by atoms with Crippen molar-refractivity contribution in [3.63, 3.8) is 0 Å². The molecule has 0 radical (unpaired) electrons. The van der Waals surface area contributed by atoms with E-state index in [-0.39, 0.29) is 17.9 Å². The monoisotopic (exact) mass is 566 g/mol. The third-order valence-electron chi connectivity index (χ3n) is 7.41. The van der Waals surface area contributed by atoms with Crippen molar-refractivity contribution in [3.8, 4) is 0 Å². The first-order chi connectivity index (χ1) is 19.3. The number of hydrogen-bond donors (Lipinski definition) is 0. The van der Waals surface area contributed by atoms with Gasteiger partial charge in [0.05, 0.1) is 6.10 Å². The van der Waals surface area contributed by atoms with Crippen LogP contribution in [0.4, 0.5) is 10.2 Å². The summed E-state index contributed by atoms with van der Waals surface area (Å²) in [4.78, 5) is 24.1.